The molecule has 18 heavy (non-hydrogen) atoms. The van der Waals surface area contributed by atoms with Gasteiger partial charge in [-0.1, -0.05) is 28.1 Å². The molecule has 1 atom stereocenters. The molecule has 0 aromatic heterocycles. The molecule has 1 aliphatic heterocycles. The highest BCUT2D eigenvalue weighted by Crippen LogP contribution is 2.25. The molecule has 1 fully saturated rings. The van der Waals surface area contributed by atoms with E-state index in [1.54, 1.807) is 0 Å². The van der Waals surface area contributed by atoms with E-state index in [0.29, 0.717) is 5.92 Å². The second kappa shape index (κ2) is 7.27. The molecule has 1 aromatic carbocycles. The Morgan fingerprint density at radius 3 is 2.78 bits per heavy atom. The van der Waals surface area contributed by atoms with Crippen molar-refractivity contribution in [3.63, 3.8) is 0 Å². The molecule has 0 aliphatic carbocycles. The fraction of sp³-hybridized carbons (Fsp3) is 0.600. The van der Waals surface area contributed by atoms with Crippen LogP contribution in [0.4, 0.5) is 0 Å². The van der Waals surface area contributed by atoms with Gasteiger partial charge in [-0.05, 0) is 55.2 Å². The van der Waals surface area contributed by atoms with Crippen LogP contribution in [0.15, 0.2) is 28.7 Å². The Balaban J connectivity index is 1.88. The molecule has 0 radical (unpaired) electrons. The maximum atomic E-state index is 9.54. The topological polar surface area (TPSA) is 29.5 Å². The van der Waals surface area contributed by atoms with Crippen LogP contribution in [0, 0.1) is 11.8 Å². The minimum Gasteiger partial charge on any atom is -0.396 e. The Bertz CT molecular complexity index is 361. The predicted octanol–water partition coefficient (Wildman–Crippen LogP) is 3.42. The molecule has 2 nitrogen and oxygen atoms in total. The molecule has 0 spiro atoms. The van der Waals surface area contributed by atoms with E-state index in [4.69, 9.17) is 4.74 Å². The average molecular weight is 313 g/mol. The molecule has 1 aliphatic rings. The lowest BCUT2D eigenvalue weighted by molar-refractivity contribution is 0.0540. The van der Waals surface area contributed by atoms with Crippen molar-refractivity contribution in [2.45, 2.75) is 25.7 Å². The van der Waals surface area contributed by atoms with E-state index < -0.39 is 0 Å². The highest BCUT2D eigenvalue weighted by molar-refractivity contribution is 9.10. The minimum atomic E-state index is 0.282. The summed E-state index contributed by atoms with van der Waals surface area (Å²) in [5.41, 5.74) is 1.30. The van der Waals surface area contributed by atoms with Crippen molar-refractivity contribution in [3.05, 3.63) is 34.3 Å². The lowest BCUT2D eigenvalue weighted by Crippen LogP contribution is -2.21. The van der Waals surface area contributed by atoms with Crippen LogP contribution in [-0.2, 0) is 11.2 Å². The molecule has 1 N–H and O–H groups in total. The van der Waals surface area contributed by atoms with E-state index in [-0.39, 0.29) is 6.61 Å². The predicted molar refractivity (Wildman–Crippen MR) is 76.6 cm³/mol. The van der Waals surface area contributed by atoms with Gasteiger partial charge in [0.25, 0.3) is 0 Å². The van der Waals surface area contributed by atoms with Crippen molar-refractivity contribution in [2.24, 2.45) is 11.8 Å². The Hall–Kier alpha value is -0.380. The van der Waals surface area contributed by atoms with Crippen LogP contribution < -0.4 is 0 Å². The van der Waals surface area contributed by atoms with Crippen LogP contribution in [0.2, 0.25) is 0 Å². The summed E-state index contributed by atoms with van der Waals surface area (Å²) in [4.78, 5) is 0. The monoisotopic (exact) mass is 312 g/mol. The smallest absolute Gasteiger partial charge is 0.0468 e. The van der Waals surface area contributed by atoms with Crippen LogP contribution in [0.25, 0.3) is 0 Å². The molecule has 0 bridgehead atoms. The second-order valence-electron chi connectivity index (χ2n) is 5.17. The molecule has 0 amide bonds. The molecule has 2 rings (SSSR count). The Morgan fingerprint density at radius 1 is 1.33 bits per heavy atom. The van der Waals surface area contributed by atoms with Gasteiger partial charge in [0.05, 0.1) is 0 Å². The SMILES string of the molecule is OCC(Cc1cccc(Br)c1)CC1CCOCC1. The van der Waals surface area contributed by atoms with E-state index >= 15 is 0 Å². The largest absolute Gasteiger partial charge is 0.396 e. The van der Waals surface area contributed by atoms with E-state index in [1.165, 1.54) is 5.56 Å². The van der Waals surface area contributed by atoms with Gasteiger partial charge in [-0.2, -0.15) is 0 Å². The number of aliphatic hydroxyl groups excluding tert-OH is 1. The Morgan fingerprint density at radius 2 is 2.11 bits per heavy atom. The van der Waals surface area contributed by atoms with E-state index in [9.17, 15) is 5.11 Å². The maximum absolute atomic E-state index is 9.54. The number of ether oxygens (including phenoxy) is 1. The van der Waals surface area contributed by atoms with Gasteiger partial charge in [0.1, 0.15) is 0 Å². The molecule has 3 heteroatoms. The third-order valence-corrected chi connectivity index (χ3v) is 4.17. The first-order valence-electron chi connectivity index (χ1n) is 6.71. The zero-order chi connectivity index (χ0) is 12.8. The van der Waals surface area contributed by atoms with Gasteiger partial charge in [0.15, 0.2) is 0 Å². The van der Waals surface area contributed by atoms with Gasteiger partial charge in [0, 0.05) is 24.3 Å². The molecule has 0 saturated carbocycles. The van der Waals surface area contributed by atoms with Gasteiger partial charge < -0.3 is 9.84 Å². The normalized spacial score (nSPS) is 18.8. The van der Waals surface area contributed by atoms with Crippen LogP contribution >= 0.6 is 15.9 Å². The molecular weight excluding hydrogens is 292 g/mol. The number of aliphatic hydroxyl groups is 1. The second-order valence-corrected chi connectivity index (χ2v) is 6.09. The summed E-state index contributed by atoms with van der Waals surface area (Å²) < 4.78 is 6.49. The van der Waals surface area contributed by atoms with E-state index in [1.807, 2.05) is 6.07 Å². The standard InChI is InChI=1S/C15H21BrO2/c16-15-3-1-2-13(10-15)9-14(11-17)8-12-4-6-18-7-5-12/h1-3,10,12,14,17H,4-9,11H2. The summed E-state index contributed by atoms with van der Waals surface area (Å²) in [6.07, 6.45) is 4.38. The summed E-state index contributed by atoms with van der Waals surface area (Å²) >= 11 is 3.49. The zero-order valence-electron chi connectivity index (χ0n) is 10.6. The number of halogens is 1. The quantitative estimate of drug-likeness (QED) is 0.902. The van der Waals surface area contributed by atoms with Crippen LogP contribution in [0.1, 0.15) is 24.8 Å². The number of rotatable bonds is 5. The number of hydrogen-bond acceptors (Lipinski definition) is 2. The van der Waals surface area contributed by atoms with Crippen molar-refractivity contribution >= 4 is 15.9 Å². The van der Waals surface area contributed by atoms with Crippen LogP contribution in [0.5, 0.6) is 0 Å². The van der Waals surface area contributed by atoms with Crippen molar-refractivity contribution in [1.29, 1.82) is 0 Å². The maximum Gasteiger partial charge on any atom is 0.0468 e. The van der Waals surface area contributed by atoms with Gasteiger partial charge in [-0.15, -0.1) is 0 Å². The van der Waals surface area contributed by atoms with E-state index in [0.717, 1.165) is 49.3 Å². The zero-order valence-corrected chi connectivity index (χ0v) is 12.2. The summed E-state index contributed by atoms with van der Waals surface area (Å²) in [5.74, 6) is 1.10. The minimum absolute atomic E-state index is 0.282. The third-order valence-electron chi connectivity index (χ3n) is 3.68. The molecule has 1 heterocycles. The van der Waals surface area contributed by atoms with E-state index in [2.05, 4.69) is 34.1 Å². The van der Waals surface area contributed by atoms with Gasteiger partial charge >= 0.3 is 0 Å². The lowest BCUT2D eigenvalue weighted by Gasteiger charge is -2.25. The van der Waals surface area contributed by atoms with Crippen LogP contribution in [0.3, 0.4) is 0 Å². The highest BCUT2D eigenvalue weighted by atomic mass is 79.9. The fourth-order valence-corrected chi connectivity index (χ4v) is 3.12. The number of benzene rings is 1. The van der Waals surface area contributed by atoms with Crippen LogP contribution in [-0.4, -0.2) is 24.9 Å². The first-order chi connectivity index (χ1) is 8.78. The molecule has 1 aromatic rings. The van der Waals surface area contributed by atoms with Crippen molar-refractivity contribution in [3.8, 4) is 0 Å². The van der Waals surface area contributed by atoms with Gasteiger partial charge in [0.2, 0.25) is 0 Å². The van der Waals surface area contributed by atoms with Gasteiger partial charge in [-0.25, -0.2) is 0 Å². The van der Waals surface area contributed by atoms with Crippen molar-refractivity contribution in [2.75, 3.05) is 19.8 Å². The molecule has 100 valence electrons. The fourth-order valence-electron chi connectivity index (χ4n) is 2.67. The Labute approximate surface area is 117 Å². The highest BCUT2D eigenvalue weighted by Gasteiger charge is 2.19. The third kappa shape index (κ3) is 4.38. The first kappa shape index (κ1) is 14.0. The molecular formula is C15H21BrO2. The summed E-state index contributed by atoms with van der Waals surface area (Å²) in [5, 5.41) is 9.54. The average Bonchev–Trinajstić information content (AvgIpc) is 2.39. The number of hydrogen-bond donors (Lipinski definition) is 1. The molecule has 1 unspecified atom stereocenters. The molecule has 1 saturated heterocycles. The lowest BCUT2D eigenvalue weighted by atomic mass is 9.86. The van der Waals surface area contributed by atoms with Gasteiger partial charge in [-0.3, -0.25) is 0 Å². The summed E-state index contributed by atoms with van der Waals surface area (Å²) in [6.45, 7) is 2.06. The van der Waals surface area contributed by atoms with Crippen molar-refractivity contribution < 1.29 is 9.84 Å². The summed E-state index contributed by atoms with van der Waals surface area (Å²) in [7, 11) is 0. The summed E-state index contributed by atoms with van der Waals surface area (Å²) in [6, 6.07) is 8.38. The van der Waals surface area contributed by atoms with Crippen molar-refractivity contribution in [1.82, 2.24) is 0 Å². The first-order valence-corrected chi connectivity index (χ1v) is 7.50. The Kier molecular flexibility index (Phi) is 5.67.